The highest BCUT2D eigenvalue weighted by atomic mass is 35.5. The first-order valence-electron chi connectivity index (χ1n) is 9.08. The van der Waals surface area contributed by atoms with E-state index in [1.54, 1.807) is 7.11 Å². The van der Waals surface area contributed by atoms with Crippen LogP contribution in [0.1, 0.15) is 12.0 Å². The second-order valence-electron chi connectivity index (χ2n) is 6.90. The largest absolute Gasteiger partial charge is 0.383 e. The zero-order valence-electron chi connectivity index (χ0n) is 15.5. The van der Waals surface area contributed by atoms with Gasteiger partial charge in [0, 0.05) is 78.8 Å². The smallest absolute Gasteiger partial charge is 0.128 e. The van der Waals surface area contributed by atoms with Crippen molar-refractivity contribution in [2.75, 3.05) is 71.5 Å². The monoisotopic (exact) mass is 369 g/mol. The van der Waals surface area contributed by atoms with Crippen LogP contribution < -0.4 is 10.2 Å². The van der Waals surface area contributed by atoms with Crippen molar-refractivity contribution in [3.05, 3.63) is 23.9 Å². The molecule has 0 bridgehead atoms. The second-order valence-corrected chi connectivity index (χ2v) is 6.90. The van der Waals surface area contributed by atoms with Crippen LogP contribution in [0.3, 0.4) is 0 Å². The Morgan fingerprint density at radius 3 is 2.76 bits per heavy atom. The molecule has 7 heteroatoms. The first kappa shape index (κ1) is 20.4. The summed E-state index contributed by atoms with van der Waals surface area (Å²) >= 11 is 0. The van der Waals surface area contributed by atoms with Gasteiger partial charge in [0.15, 0.2) is 0 Å². The van der Waals surface area contributed by atoms with Crippen molar-refractivity contribution in [2.24, 2.45) is 0 Å². The average molecular weight is 370 g/mol. The lowest BCUT2D eigenvalue weighted by Gasteiger charge is -2.32. The van der Waals surface area contributed by atoms with Gasteiger partial charge in [-0.2, -0.15) is 0 Å². The zero-order valence-corrected chi connectivity index (χ0v) is 16.3. The number of likely N-dealkylation sites (N-methyl/N-ethyl adjacent to an activating group) is 1. The van der Waals surface area contributed by atoms with Gasteiger partial charge in [-0.1, -0.05) is 6.07 Å². The fourth-order valence-corrected chi connectivity index (χ4v) is 3.64. The molecular formula is C18H32ClN5O. The van der Waals surface area contributed by atoms with Crippen molar-refractivity contribution < 1.29 is 4.74 Å². The van der Waals surface area contributed by atoms with Crippen molar-refractivity contribution in [3.63, 3.8) is 0 Å². The van der Waals surface area contributed by atoms with E-state index in [1.165, 1.54) is 38.2 Å². The van der Waals surface area contributed by atoms with Gasteiger partial charge in [0.1, 0.15) is 5.82 Å². The highest BCUT2D eigenvalue weighted by Crippen LogP contribution is 2.19. The van der Waals surface area contributed by atoms with E-state index >= 15 is 0 Å². The van der Waals surface area contributed by atoms with Crippen LogP contribution in [-0.2, 0) is 11.3 Å². The fourth-order valence-electron chi connectivity index (χ4n) is 3.64. The zero-order chi connectivity index (χ0) is 16.8. The fraction of sp³-hybridized carbons (Fsp3) is 0.722. The molecule has 1 unspecified atom stereocenters. The number of nitrogens with zero attached hydrogens (tertiary/aromatic N) is 4. The lowest BCUT2D eigenvalue weighted by atomic mass is 10.2. The maximum atomic E-state index is 5.12. The second kappa shape index (κ2) is 10.3. The molecular weight excluding hydrogens is 338 g/mol. The Morgan fingerprint density at radius 2 is 2.08 bits per heavy atom. The Kier molecular flexibility index (Phi) is 8.39. The molecule has 1 atom stereocenters. The summed E-state index contributed by atoms with van der Waals surface area (Å²) in [7, 11) is 3.79. The Balaban J connectivity index is 0.00000225. The molecule has 3 rings (SSSR count). The van der Waals surface area contributed by atoms with E-state index in [4.69, 9.17) is 4.74 Å². The number of rotatable bonds is 7. The summed E-state index contributed by atoms with van der Waals surface area (Å²) in [5.74, 6) is 1.01. The molecule has 1 aromatic rings. The molecule has 2 aliphatic rings. The molecule has 6 nitrogen and oxygen atoms in total. The van der Waals surface area contributed by atoms with E-state index in [9.17, 15) is 0 Å². The van der Waals surface area contributed by atoms with Crippen LogP contribution in [0.2, 0.25) is 0 Å². The third-order valence-corrected chi connectivity index (χ3v) is 5.15. The minimum absolute atomic E-state index is 0. The van der Waals surface area contributed by atoms with E-state index in [2.05, 4.69) is 44.2 Å². The summed E-state index contributed by atoms with van der Waals surface area (Å²) in [4.78, 5) is 12.0. The first-order chi connectivity index (χ1) is 11.8. The van der Waals surface area contributed by atoms with Crippen molar-refractivity contribution in [1.82, 2.24) is 20.1 Å². The number of hydrogen-bond donors (Lipinski definition) is 1. The summed E-state index contributed by atoms with van der Waals surface area (Å²) in [5.41, 5.74) is 1.31. The van der Waals surface area contributed by atoms with Crippen LogP contribution in [0.25, 0.3) is 0 Å². The highest BCUT2D eigenvalue weighted by Gasteiger charge is 2.28. The normalized spacial score (nSPS) is 21.9. The summed E-state index contributed by atoms with van der Waals surface area (Å²) in [6.07, 6.45) is 3.32. The maximum Gasteiger partial charge on any atom is 0.128 e. The number of methoxy groups -OCH3 is 1. The number of nitrogens with one attached hydrogen (secondary N) is 1. The summed E-state index contributed by atoms with van der Waals surface area (Å²) in [5, 5.41) is 3.44. The van der Waals surface area contributed by atoms with Crippen LogP contribution in [0.5, 0.6) is 0 Å². The van der Waals surface area contributed by atoms with Gasteiger partial charge in [-0.3, -0.25) is 9.80 Å². The van der Waals surface area contributed by atoms with Gasteiger partial charge >= 0.3 is 0 Å². The predicted octanol–water partition coefficient (Wildman–Crippen LogP) is 1.07. The lowest BCUT2D eigenvalue weighted by Crippen LogP contribution is -2.49. The number of hydrogen-bond acceptors (Lipinski definition) is 6. The highest BCUT2D eigenvalue weighted by molar-refractivity contribution is 5.85. The lowest BCUT2D eigenvalue weighted by molar-refractivity contribution is 0.170. The van der Waals surface area contributed by atoms with Crippen molar-refractivity contribution >= 4 is 18.2 Å². The molecule has 0 saturated carbocycles. The number of pyridine rings is 1. The molecule has 142 valence electrons. The van der Waals surface area contributed by atoms with E-state index in [1.807, 2.05) is 6.20 Å². The van der Waals surface area contributed by atoms with Crippen molar-refractivity contribution in [3.8, 4) is 0 Å². The van der Waals surface area contributed by atoms with E-state index in [0.29, 0.717) is 0 Å². The third kappa shape index (κ3) is 5.79. The van der Waals surface area contributed by atoms with Gasteiger partial charge in [-0.25, -0.2) is 4.98 Å². The van der Waals surface area contributed by atoms with Crippen LogP contribution >= 0.6 is 12.4 Å². The summed E-state index contributed by atoms with van der Waals surface area (Å²) < 4.78 is 5.12. The topological polar surface area (TPSA) is 43.9 Å². The minimum Gasteiger partial charge on any atom is -0.383 e. The Morgan fingerprint density at radius 1 is 1.28 bits per heavy atom. The van der Waals surface area contributed by atoms with Crippen molar-refractivity contribution in [2.45, 2.75) is 19.0 Å². The molecule has 0 amide bonds. The number of ether oxygens (including phenoxy) is 1. The maximum absolute atomic E-state index is 5.12. The number of likely N-dealkylation sites (tertiary alicyclic amines) is 1. The van der Waals surface area contributed by atoms with Gasteiger partial charge in [-0.05, 0) is 18.1 Å². The van der Waals surface area contributed by atoms with E-state index in [-0.39, 0.29) is 12.4 Å². The van der Waals surface area contributed by atoms with Gasteiger partial charge < -0.3 is 15.0 Å². The van der Waals surface area contributed by atoms with E-state index < -0.39 is 0 Å². The molecule has 2 aliphatic heterocycles. The molecule has 0 aliphatic carbocycles. The molecule has 1 aromatic heterocycles. The van der Waals surface area contributed by atoms with Crippen molar-refractivity contribution in [1.29, 1.82) is 0 Å². The van der Waals surface area contributed by atoms with Gasteiger partial charge in [0.25, 0.3) is 0 Å². The standard InChI is InChI=1S/C18H31N5O.ClH/c1-21(11-12-24-2)18-4-3-16(13-20-18)14-22-8-5-17(15-22)23-9-6-19-7-10-23;/h3-4,13,17,19H,5-12,14-15H2,1-2H3;1H. The van der Waals surface area contributed by atoms with Crippen LogP contribution in [0.15, 0.2) is 18.3 Å². The van der Waals surface area contributed by atoms with E-state index in [0.717, 1.165) is 44.6 Å². The Hall–Kier alpha value is -0.920. The molecule has 25 heavy (non-hydrogen) atoms. The molecule has 0 aromatic carbocycles. The molecule has 0 radical (unpaired) electrons. The average Bonchev–Trinajstić information content (AvgIpc) is 3.09. The number of anilines is 1. The molecule has 2 fully saturated rings. The SMILES string of the molecule is COCCN(C)c1ccc(CN2CCC(N3CCNCC3)C2)cn1.Cl. The Labute approximate surface area is 157 Å². The summed E-state index contributed by atoms with van der Waals surface area (Å²) in [6, 6.07) is 5.07. The molecule has 1 N–H and O–H groups in total. The van der Waals surface area contributed by atoms with Crippen LogP contribution in [0, 0.1) is 0 Å². The number of piperazine rings is 1. The number of halogens is 1. The van der Waals surface area contributed by atoms with Gasteiger partial charge in [0.2, 0.25) is 0 Å². The summed E-state index contributed by atoms with van der Waals surface area (Å²) in [6.45, 7) is 9.65. The van der Waals surface area contributed by atoms with Gasteiger partial charge in [0.05, 0.1) is 6.61 Å². The molecule has 2 saturated heterocycles. The first-order valence-corrected chi connectivity index (χ1v) is 9.08. The third-order valence-electron chi connectivity index (χ3n) is 5.15. The number of aromatic nitrogens is 1. The van der Waals surface area contributed by atoms with Crippen LogP contribution in [-0.4, -0.2) is 87.4 Å². The predicted molar refractivity (Wildman–Crippen MR) is 105 cm³/mol. The van der Waals surface area contributed by atoms with Crippen LogP contribution in [0.4, 0.5) is 5.82 Å². The molecule has 0 spiro atoms. The van der Waals surface area contributed by atoms with Gasteiger partial charge in [-0.15, -0.1) is 12.4 Å². The minimum atomic E-state index is 0. The Bertz CT molecular complexity index is 495. The molecule has 3 heterocycles. The quantitative estimate of drug-likeness (QED) is 0.775.